The van der Waals surface area contributed by atoms with Crippen molar-refractivity contribution in [1.82, 2.24) is 9.80 Å². The van der Waals surface area contributed by atoms with E-state index in [0.717, 1.165) is 38.2 Å². The number of ether oxygens (including phenoxy) is 2. The number of benzene rings is 2. The van der Waals surface area contributed by atoms with Crippen LogP contribution in [0.5, 0.6) is 5.75 Å². The predicted molar refractivity (Wildman–Crippen MR) is 150 cm³/mol. The number of nitrogens with zero attached hydrogens (tertiary/aromatic N) is 2. The van der Waals surface area contributed by atoms with Gasteiger partial charge in [-0.15, -0.1) is 6.58 Å². The van der Waals surface area contributed by atoms with E-state index in [2.05, 4.69) is 37.5 Å². The summed E-state index contributed by atoms with van der Waals surface area (Å²) in [7, 11) is 1.69. The first-order chi connectivity index (χ1) is 18.3. The Hall–Kier alpha value is -3.12. The molecule has 38 heavy (non-hydrogen) atoms. The Morgan fingerprint density at radius 3 is 2.61 bits per heavy atom. The SMILES string of the molecule is C=CCN1CC[C@@]2(c3cccc(OC)c3)C[C@@H](N(CC(C)C)C(=O)c3ccccc3)CC(OC(C)=O)[C@@H]2C1. The summed E-state index contributed by atoms with van der Waals surface area (Å²) in [6, 6.07) is 17.8. The van der Waals surface area contributed by atoms with Crippen LogP contribution in [-0.2, 0) is 14.9 Å². The second-order valence-electron chi connectivity index (χ2n) is 11.3. The fourth-order valence-corrected chi connectivity index (χ4v) is 6.63. The van der Waals surface area contributed by atoms with E-state index in [0.29, 0.717) is 24.4 Å². The van der Waals surface area contributed by atoms with Crippen LogP contribution in [-0.4, -0.2) is 67.1 Å². The smallest absolute Gasteiger partial charge is 0.302 e. The van der Waals surface area contributed by atoms with Crippen molar-refractivity contribution in [2.75, 3.05) is 33.3 Å². The number of piperidine rings is 1. The van der Waals surface area contributed by atoms with Crippen LogP contribution < -0.4 is 4.74 Å². The molecule has 6 heteroatoms. The lowest BCUT2D eigenvalue weighted by Gasteiger charge is -2.56. The maximum atomic E-state index is 13.9. The molecule has 1 heterocycles. The summed E-state index contributed by atoms with van der Waals surface area (Å²) in [6.07, 6.45) is 3.98. The largest absolute Gasteiger partial charge is 0.497 e. The minimum Gasteiger partial charge on any atom is -0.497 e. The Bertz CT molecular complexity index is 1120. The van der Waals surface area contributed by atoms with Gasteiger partial charge < -0.3 is 14.4 Å². The van der Waals surface area contributed by atoms with Crippen molar-refractivity contribution in [3.05, 3.63) is 78.4 Å². The first kappa shape index (κ1) is 27.9. The molecule has 0 aromatic heterocycles. The molecule has 4 atom stereocenters. The number of hydrogen-bond acceptors (Lipinski definition) is 5. The van der Waals surface area contributed by atoms with Crippen LogP contribution >= 0.6 is 0 Å². The number of hydrogen-bond donors (Lipinski definition) is 0. The van der Waals surface area contributed by atoms with Crippen molar-refractivity contribution in [3.63, 3.8) is 0 Å². The average molecular weight is 519 g/mol. The van der Waals surface area contributed by atoms with Crippen molar-refractivity contribution < 1.29 is 19.1 Å². The monoisotopic (exact) mass is 518 g/mol. The molecule has 0 radical (unpaired) electrons. The molecule has 2 aromatic carbocycles. The number of rotatable bonds is 9. The third-order valence-electron chi connectivity index (χ3n) is 8.23. The van der Waals surface area contributed by atoms with Gasteiger partial charge in [-0.3, -0.25) is 14.5 Å². The van der Waals surface area contributed by atoms with Gasteiger partial charge in [-0.25, -0.2) is 0 Å². The van der Waals surface area contributed by atoms with Crippen LogP contribution in [0.1, 0.15) is 56.0 Å². The molecule has 2 aliphatic rings. The molecule has 1 unspecified atom stereocenters. The van der Waals surface area contributed by atoms with E-state index in [4.69, 9.17) is 9.47 Å². The van der Waals surface area contributed by atoms with Crippen molar-refractivity contribution in [2.24, 2.45) is 11.8 Å². The van der Waals surface area contributed by atoms with Gasteiger partial charge in [0.05, 0.1) is 7.11 Å². The Morgan fingerprint density at radius 1 is 1.18 bits per heavy atom. The van der Waals surface area contributed by atoms with Crippen LogP contribution in [0.2, 0.25) is 0 Å². The van der Waals surface area contributed by atoms with E-state index >= 15 is 0 Å². The molecule has 1 aliphatic carbocycles. The number of amides is 1. The summed E-state index contributed by atoms with van der Waals surface area (Å²) in [4.78, 5) is 30.8. The summed E-state index contributed by atoms with van der Waals surface area (Å²) in [5.74, 6) is 0.968. The lowest BCUT2D eigenvalue weighted by molar-refractivity contribution is -0.158. The molecule has 1 amide bonds. The van der Waals surface area contributed by atoms with E-state index in [9.17, 15) is 9.59 Å². The first-order valence-electron chi connectivity index (χ1n) is 13.8. The third kappa shape index (κ3) is 5.96. The van der Waals surface area contributed by atoms with Crippen molar-refractivity contribution in [2.45, 2.75) is 57.6 Å². The highest BCUT2D eigenvalue weighted by Gasteiger charge is 2.54. The second-order valence-corrected chi connectivity index (χ2v) is 11.3. The standard InChI is InChI=1S/C32H42N2O4/c1-6-16-33-17-15-32(26-13-10-14-28(18-26)37-5)20-27(19-30(29(32)22-33)38-24(4)35)34(21-23(2)3)31(36)25-11-8-7-9-12-25/h6-14,18,23,27,29-30H,1,15-17,19-22H2,2-5H3/t27-,29-,30?,32-/m0/s1. The Labute approximate surface area is 227 Å². The first-order valence-corrected chi connectivity index (χ1v) is 13.8. The van der Waals surface area contributed by atoms with Gasteiger partial charge in [0.2, 0.25) is 0 Å². The lowest BCUT2D eigenvalue weighted by atomic mass is 9.56. The molecule has 1 saturated heterocycles. The lowest BCUT2D eigenvalue weighted by Crippen LogP contribution is -2.62. The van der Waals surface area contributed by atoms with Gasteiger partial charge in [-0.2, -0.15) is 0 Å². The number of carbonyl (C=O) groups excluding carboxylic acids is 2. The van der Waals surface area contributed by atoms with Crippen LogP contribution in [0.15, 0.2) is 67.3 Å². The molecule has 0 bridgehead atoms. The molecule has 2 aromatic rings. The molecule has 2 fully saturated rings. The summed E-state index contributed by atoms with van der Waals surface area (Å²) < 4.78 is 11.7. The number of methoxy groups -OCH3 is 1. The highest BCUT2D eigenvalue weighted by Crippen LogP contribution is 2.51. The van der Waals surface area contributed by atoms with Gasteiger partial charge in [0.25, 0.3) is 5.91 Å². The number of fused-ring (bicyclic) bond motifs is 1. The van der Waals surface area contributed by atoms with Crippen LogP contribution in [0.25, 0.3) is 0 Å². The van der Waals surface area contributed by atoms with E-state index in [-0.39, 0.29) is 35.4 Å². The zero-order valence-electron chi connectivity index (χ0n) is 23.3. The van der Waals surface area contributed by atoms with Crippen LogP contribution in [0.4, 0.5) is 0 Å². The second kappa shape index (κ2) is 12.2. The van der Waals surface area contributed by atoms with Gasteiger partial charge in [0.1, 0.15) is 11.9 Å². The quantitative estimate of drug-likeness (QED) is 0.332. The molecular formula is C32H42N2O4. The van der Waals surface area contributed by atoms with E-state index in [1.807, 2.05) is 53.4 Å². The summed E-state index contributed by atoms with van der Waals surface area (Å²) in [6.45, 7) is 12.9. The van der Waals surface area contributed by atoms with E-state index < -0.39 is 0 Å². The topological polar surface area (TPSA) is 59.1 Å². The normalized spacial score (nSPS) is 25.3. The third-order valence-corrected chi connectivity index (χ3v) is 8.23. The molecular weight excluding hydrogens is 476 g/mol. The van der Waals surface area contributed by atoms with Crippen LogP contribution in [0, 0.1) is 11.8 Å². The van der Waals surface area contributed by atoms with Gasteiger partial charge in [0.15, 0.2) is 0 Å². The summed E-state index contributed by atoms with van der Waals surface area (Å²) in [5.41, 5.74) is 1.62. The molecule has 4 rings (SSSR count). The van der Waals surface area contributed by atoms with Crippen molar-refractivity contribution in [3.8, 4) is 5.75 Å². The number of likely N-dealkylation sites (tertiary alicyclic amines) is 1. The van der Waals surface area contributed by atoms with E-state index in [1.54, 1.807) is 7.11 Å². The van der Waals surface area contributed by atoms with Crippen molar-refractivity contribution in [1.29, 1.82) is 0 Å². The zero-order valence-corrected chi connectivity index (χ0v) is 23.3. The van der Waals surface area contributed by atoms with E-state index in [1.165, 1.54) is 12.5 Å². The highest BCUT2D eigenvalue weighted by atomic mass is 16.5. The highest BCUT2D eigenvalue weighted by molar-refractivity contribution is 5.94. The fraction of sp³-hybridized carbons (Fsp3) is 0.500. The zero-order chi connectivity index (χ0) is 27.3. The number of esters is 1. The van der Waals surface area contributed by atoms with Crippen molar-refractivity contribution >= 4 is 11.9 Å². The maximum Gasteiger partial charge on any atom is 0.302 e. The molecule has 1 aliphatic heterocycles. The average Bonchev–Trinajstić information content (AvgIpc) is 2.91. The summed E-state index contributed by atoms with van der Waals surface area (Å²) in [5, 5.41) is 0. The fourth-order valence-electron chi connectivity index (χ4n) is 6.63. The maximum absolute atomic E-state index is 13.9. The van der Waals surface area contributed by atoms with Gasteiger partial charge in [-0.05, 0) is 55.1 Å². The Balaban J connectivity index is 1.81. The minimum atomic E-state index is -0.302. The Morgan fingerprint density at radius 2 is 1.95 bits per heavy atom. The Kier molecular flexibility index (Phi) is 8.93. The van der Waals surface area contributed by atoms with Gasteiger partial charge >= 0.3 is 5.97 Å². The van der Waals surface area contributed by atoms with Gasteiger partial charge in [-0.1, -0.05) is 50.3 Å². The van der Waals surface area contributed by atoms with Gasteiger partial charge in [0, 0.05) is 55.9 Å². The molecule has 204 valence electrons. The van der Waals surface area contributed by atoms with Crippen LogP contribution in [0.3, 0.4) is 0 Å². The molecule has 6 nitrogen and oxygen atoms in total. The molecule has 1 saturated carbocycles. The molecule has 0 N–H and O–H groups in total. The molecule has 0 spiro atoms. The summed E-state index contributed by atoms with van der Waals surface area (Å²) >= 11 is 0. The number of carbonyl (C=O) groups is 2. The minimum absolute atomic E-state index is 0.0363. The predicted octanol–water partition coefficient (Wildman–Crippen LogP) is 5.33.